The number of amides is 1. The maximum atomic E-state index is 11.1. The van der Waals surface area contributed by atoms with Gasteiger partial charge in [-0.05, 0) is 44.0 Å². The predicted molar refractivity (Wildman–Crippen MR) is 141 cm³/mol. The van der Waals surface area contributed by atoms with E-state index in [-0.39, 0.29) is 5.69 Å². The van der Waals surface area contributed by atoms with Crippen molar-refractivity contribution in [2.45, 2.75) is 25.9 Å². The van der Waals surface area contributed by atoms with E-state index < -0.39 is 22.4 Å². The zero-order chi connectivity index (χ0) is 25.0. The third-order valence-corrected chi connectivity index (χ3v) is 5.65. The van der Waals surface area contributed by atoms with Crippen molar-refractivity contribution < 1.29 is 26.0 Å². The molecule has 2 N–H and O–H groups in total. The summed E-state index contributed by atoms with van der Waals surface area (Å²) in [5.41, 5.74) is 8.32. The van der Waals surface area contributed by atoms with Crippen LogP contribution in [0.2, 0.25) is 0 Å². The monoisotopic (exact) mass is 693 g/mol. The summed E-state index contributed by atoms with van der Waals surface area (Å²) >= 11 is -0.472. The van der Waals surface area contributed by atoms with Crippen LogP contribution in [0.25, 0.3) is 21.8 Å². The second kappa shape index (κ2) is 14.3. The van der Waals surface area contributed by atoms with E-state index in [4.69, 9.17) is 29.3 Å². The fraction of sp³-hybridized carbons (Fsp3) is 0.269. The van der Waals surface area contributed by atoms with Crippen LogP contribution in [0.4, 0.5) is 5.69 Å². The molecule has 4 aromatic rings. The zero-order valence-corrected chi connectivity index (χ0v) is 23.1. The molecule has 188 valence electrons. The van der Waals surface area contributed by atoms with Crippen LogP contribution in [0, 0.1) is 0 Å². The zero-order valence-electron chi connectivity index (χ0n) is 19.3. The molecule has 1 aliphatic heterocycles. The van der Waals surface area contributed by atoms with Gasteiger partial charge >= 0.3 is 35.3 Å². The normalized spacial score (nSPS) is 13.6. The molecule has 0 atom stereocenters. The summed E-state index contributed by atoms with van der Waals surface area (Å²) in [5.74, 6) is -0.528. The molecule has 0 radical (unpaired) electrons. The number of hydrogen-bond acceptors (Lipinski definition) is 5. The molecule has 1 aliphatic rings. The molecule has 1 amide bonds. The van der Waals surface area contributed by atoms with Crippen molar-refractivity contribution in [3.63, 3.8) is 0 Å². The quantitative estimate of drug-likeness (QED) is 0.267. The number of benzene rings is 2. The Balaban J connectivity index is 0.000000177. The number of anilines is 1. The van der Waals surface area contributed by atoms with Crippen LogP contribution in [0.5, 0.6) is 0 Å². The van der Waals surface area contributed by atoms with Gasteiger partial charge in [0, 0.05) is 42.4 Å². The predicted octanol–water partition coefficient (Wildman–Crippen LogP) is 5.95. The van der Waals surface area contributed by atoms with E-state index in [0.29, 0.717) is 11.6 Å². The summed E-state index contributed by atoms with van der Waals surface area (Å²) in [6.45, 7) is 5.16. The van der Waals surface area contributed by atoms with E-state index in [9.17, 15) is 4.79 Å². The molecule has 0 spiro atoms. The fourth-order valence-corrected chi connectivity index (χ4v) is 4.02. The Morgan fingerprint density at radius 1 is 1.00 bits per heavy atom. The van der Waals surface area contributed by atoms with Crippen LogP contribution in [0.1, 0.15) is 30.3 Å². The first kappa shape index (κ1) is 27.3. The second-order valence-electron chi connectivity index (χ2n) is 7.80. The summed E-state index contributed by atoms with van der Waals surface area (Å²) in [6.07, 6.45) is 4.50. The molecule has 2 aromatic heterocycles. The first-order chi connectivity index (χ1) is 17.1. The fourth-order valence-electron chi connectivity index (χ4n) is 4.02. The van der Waals surface area contributed by atoms with Gasteiger partial charge in [-0.15, -0.1) is 0 Å². The van der Waals surface area contributed by atoms with Gasteiger partial charge in [-0.1, -0.05) is 42.5 Å². The van der Waals surface area contributed by atoms with Gasteiger partial charge in [0.1, 0.15) is 5.69 Å². The van der Waals surface area contributed by atoms with Crippen LogP contribution >= 0.6 is 18.8 Å². The van der Waals surface area contributed by atoms with Crippen molar-refractivity contribution in [2.24, 2.45) is 5.73 Å². The Bertz CT molecular complexity index is 1220. The number of nitrogens with zero attached hydrogens (tertiary/aromatic N) is 3. The molecule has 3 heterocycles. The van der Waals surface area contributed by atoms with Crippen LogP contribution < -0.4 is 10.6 Å². The molecule has 1 saturated heterocycles. The molecule has 5 rings (SSSR count). The summed E-state index contributed by atoms with van der Waals surface area (Å²) in [7, 11) is 9.75. The Morgan fingerprint density at radius 2 is 1.63 bits per heavy atom. The molecular weight excluding hydrogens is 666 g/mol. The van der Waals surface area contributed by atoms with Crippen molar-refractivity contribution >= 4 is 52.2 Å². The van der Waals surface area contributed by atoms with Crippen molar-refractivity contribution in [1.82, 2.24) is 9.97 Å². The third-order valence-electron chi connectivity index (χ3n) is 5.65. The van der Waals surface area contributed by atoms with E-state index >= 15 is 0 Å². The number of hydrogen-bond donors (Lipinski definition) is 1. The minimum atomic E-state index is -0.528. The van der Waals surface area contributed by atoms with Gasteiger partial charge in [0.25, 0.3) is 5.91 Å². The van der Waals surface area contributed by atoms with E-state index in [1.54, 1.807) is 12.3 Å². The molecule has 0 saturated carbocycles. The average Bonchev–Trinajstić information content (AvgIpc) is 2.90. The van der Waals surface area contributed by atoms with E-state index in [2.05, 4.69) is 52.1 Å². The van der Waals surface area contributed by atoms with Gasteiger partial charge in [-0.3, -0.25) is 9.78 Å². The molecule has 6 nitrogen and oxygen atoms in total. The van der Waals surface area contributed by atoms with E-state index in [1.807, 2.05) is 30.3 Å². The van der Waals surface area contributed by atoms with Crippen LogP contribution in [-0.2, 0) is 21.2 Å². The number of rotatable bonds is 4. The van der Waals surface area contributed by atoms with E-state index in [0.717, 1.165) is 48.8 Å². The van der Waals surface area contributed by atoms with Crippen molar-refractivity contribution in [1.29, 1.82) is 0 Å². The number of para-hydroxylation sites is 1. The van der Waals surface area contributed by atoms with Crippen molar-refractivity contribution in [2.75, 3.05) is 24.6 Å². The summed E-state index contributed by atoms with van der Waals surface area (Å²) in [5, 5.41) is 1.94. The number of halogens is 2. The minimum absolute atomic E-state index is 0.260. The third kappa shape index (κ3) is 7.88. The molecule has 0 unspecified atom stereocenters. The number of carbonyl (C=O) groups is 1. The van der Waals surface area contributed by atoms with Gasteiger partial charge in [0.2, 0.25) is 0 Å². The number of ether oxygens (including phenoxy) is 1. The van der Waals surface area contributed by atoms with Gasteiger partial charge in [0.05, 0.1) is 17.1 Å². The van der Waals surface area contributed by atoms with Gasteiger partial charge in [0.15, 0.2) is 0 Å². The second-order valence-corrected chi connectivity index (χ2v) is 11.1. The molecule has 9 heteroatoms. The van der Waals surface area contributed by atoms with Crippen LogP contribution in [0.3, 0.4) is 0 Å². The Labute approximate surface area is 222 Å². The maximum absolute atomic E-state index is 11.1. The van der Waals surface area contributed by atoms with Crippen molar-refractivity contribution in [3.8, 4) is 0 Å². The molecule has 2 aromatic carbocycles. The summed E-state index contributed by atoms with van der Waals surface area (Å²) in [6, 6.07) is 21.8. The number of carbonyl (C=O) groups excluding carboxylic acids is 1. The van der Waals surface area contributed by atoms with Gasteiger partial charge in [-0.2, -0.15) is 0 Å². The first-order valence-electron chi connectivity index (χ1n) is 11.3. The van der Waals surface area contributed by atoms with Crippen LogP contribution in [-0.4, -0.2) is 41.7 Å². The van der Waals surface area contributed by atoms with Gasteiger partial charge < -0.3 is 15.4 Å². The molecule has 0 aliphatic carbocycles. The number of aromatic nitrogens is 2. The number of primary amides is 1. The summed E-state index contributed by atoms with van der Waals surface area (Å²) in [4.78, 5) is 22.1. The van der Waals surface area contributed by atoms with Gasteiger partial charge in [-0.25, -0.2) is 4.98 Å². The van der Waals surface area contributed by atoms with Crippen LogP contribution in [0.15, 0.2) is 72.9 Å². The Hall–Kier alpha value is -2.24. The van der Waals surface area contributed by atoms with Crippen molar-refractivity contribution in [3.05, 3.63) is 78.6 Å². The number of fused-ring (bicyclic) bond motifs is 3. The average molecular weight is 695 g/mol. The van der Waals surface area contributed by atoms with E-state index in [1.165, 1.54) is 5.69 Å². The standard InChI is InChI=1S/C13H9N3O.C13H19NO.2ClH.Pt/c14-13(17)10-6-5-9-4-3-8-2-1-7-15-11(8)12(9)16-10;1-2-15-13-8-10-14(11-9-13)12-6-4-3-5-7-12;;;/h1-7H,(H2,14,17);3-7,13H,2,8-11H2,1H3;2*1H;/q;;;;+2/p-2. The Morgan fingerprint density at radius 3 is 2.26 bits per heavy atom. The first-order valence-corrected chi connectivity index (χ1v) is 16.9. The topological polar surface area (TPSA) is 81.3 Å². The number of pyridine rings is 2. The molecule has 1 fully saturated rings. The molecule has 0 bridgehead atoms. The molecule has 35 heavy (non-hydrogen) atoms. The Kier molecular flexibility index (Phi) is 11.2. The molecular formula is C26H28Cl2N4O2Pt. The number of piperidine rings is 1. The SMILES string of the molecule is CCOC1CCN(c2ccccc2)CC1.NC(=O)c1ccc2ccc3cccnc3c2n1.[Cl][Pt][Cl]. The number of nitrogens with two attached hydrogens (primary N) is 1. The summed E-state index contributed by atoms with van der Waals surface area (Å²) < 4.78 is 5.64.